The van der Waals surface area contributed by atoms with Crippen LogP contribution in [0, 0.1) is 0 Å². The Kier molecular flexibility index (Phi) is 3.51. The van der Waals surface area contributed by atoms with Crippen LogP contribution >= 0.6 is 0 Å². The molecule has 1 aliphatic carbocycles. The molecule has 6 heteroatoms. The van der Waals surface area contributed by atoms with Gasteiger partial charge in [0.15, 0.2) is 9.84 Å². The minimum atomic E-state index is -2.83. The van der Waals surface area contributed by atoms with Gasteiger partial charge in [-0.3, -0.25) is 4.90 Å². The van der Waals surface area contributed by atoms with Crippen LogP contribution in [0.5, 0.6) is 0 Å². The first-order chi connectivity index (χ1) is 7.92. The van der Waals surface area contributed by atoms with Gasteiger partial charge in [-0.25, -0.2) is 8.42 Å². The van der Waals surface area contributed by atoms with Crippen molar-refractivity contribution in [3.63, 3.8) is 0 Å². The van der Waals surface area contributed by atoms with E-state index in [9.17, 15) is 8.42 Å². The van der Waals surface area contributed by atoms with Gasteiger partial charge in [-0.1, -0.05) is 0 Å². The summed E-state index contributed by atoms with van der Waals surface area (Å²) < 4.78 is 28.3. The van der Waals surface area contributed by atoms with Crippen LogP contribution in [0.25, 0.3) is 0 Å². The van der Waals surface area contributed by atoms with E-state index in [-0.39, 0.29) is 23.4 Å². The van der Waals surface area contributed by atoms with E-state index < -0.39 is 9.84 Å². The molecule has 0 bridgehead atoms. The van der Waals surface area contributed by atoms with Gasteiger partial charge in [0.2, 0.25) is 0 Å². The van der Waals surface area contributed by atoms with Gasteiger partial charge in [-0.15, -0.1) is 0 Å². The second-order valence-corrected chi connectivity index (χ2v) is 7.59. The molecule has 1 aliphatic heterocycles. The van der Waals surface area contributed by atoms with Crippen molar-refractivity contribution < 1.29 is 13.2 Å². The second-order valence-electron chi connectivity index (χ2n) is 5.36. The standard InChI is InChI=1S/C11H22N2O3S/c1-13(9-3-4-17(14,15)7-9)11(8-12)5-10(6-11)16-2/h9-10H,3-8,12H2,1-2H3. The molecule has 0 amide bonds. The molecule has 1 atom stereocenters. The summed E-state index contributed by atoms with van der Waals surface area (Å²) in [5.41, 5.74) is 5.82. The summed E-state index contributed by atoms with van der Waals surface area (Å²) in [6, 6.07) is 0.126. The first-order valence-corrected chi connectivity index (χ1v) is 7.91. The fourth-order valence-corrected chi connectivity index (χ4v) is 4.80. The van der Waals surface area contributed by atoms with Crippen molar-refractivity contribution in [2.24, 2.45) is 5.73 Å². The zero-order chi connectivity index (χ0) is 12.7. The summed E-state index contributed by atoms with van der Waals surface area (Å²) in [6.45, 7) is 0.569. The first kappa shape index (κ1) is 13.3. The van der Waals surface area contributed by atoms with E-state index in [4.69, 9.17) is 10.5 Å². The predicted octanol–water partition coefficient (Wildman–Crippen LogP) is -0.388. The molecule has 0 aromatic carbocycles. The molecule has 0 aromatic rings. The Labute approximate surface area is 103 Å². The fraction of sp³-hybridized carbons (Fsp3) is 1.00. The summed E-state index contributed by atoms with van der Waals surface area (Å²) in [7, 11) is 0.892. The van der Waals surface area contributed by atoms with Gasteiger partial charge in [0, 0.05) is 25.2 Å². The normalized spacial score (nSPS) is 40.5. The number of ether oxygens (including phenoxy) is 1. The largest absolute Gasteiger partial charge is 0.381 e. The molecule has 5 nitrogen and oxygen atoms in total. The van der Waals surface area contributed by atoms with E-state index in [1.54, 1.807) is 7.11 Å². The molecule has 17 heavy (non-hydrogen) atoms. The first-order valence-electron chi connectivity index (χ1n) is 6.09. The third-order valence-corrected chi connectivity index (χ3v) is 6.18. The summed E-state index contributed by atoms with van der Waals surface area (Å²) in [5.74, 6) is 0.596. The summed E-state index contributed by atoms with van der Waals surface area (Å²) in [6.07, 6.45) is 2.83. The molecule has 1 unspecified atom stereocenters. The van der Waals surface area contributed by atoms with E-state index >= 15 is 0 Å². The van der Waals surface area contributed by atoms with Crippen molar-refractivity contribution in [2.45, 2.75) is 36.9 Å². The van der Waals surface area contributed by atoms with Gasteiger partial charge in [0.1, 0.15) is 0 Å². The number of nitrogens with zero attached hydrogens (tertiary/aromatic N) is 1. The van der Waals surface area contributed by atoms with E-state index in [1.807, 2.05) is 7.05 Å². The summed E-state index contributed by atoms with van der Waals surface area (Å²) >= 11 is 0. The zero-order valence-electron chi connectivity index (χ0n) is 10.6. The maximum absolute atomic E-state index is 11.5. The van der Waals surface area contributed by atoms with Crippen molar-refractivity contribution in [2.75, 3.05) is 32.2 Å². The SMILES string of the molecule is COC1CC(CN)(N(C)C2CCS(=O)(=O)C2)C1. The lowest BCUT2D eigenvalue weighted by molar-refractivity contribution is -0.0888. The molecule has 1 saturated heterocycles. The molecule has 2 aliphatic rings. The number of hydrogen-bond donors (Lipinski definition) is 1. The molecule has 0 radical (unpaired) electrons. The maximum atomic E-state index is 11.5. The average molecular weight is 262 g/mol. The van der Waals surface area contributed by atoms with E-state index in [0.29, 0.717) is 12.3 Å². The van der Waals surface area contributed by atoms with E-state index in [0.717, 1.165) is 19.3 Å². The summed E-state index contributed by atoms with van der Waals surface area (Å²) in [5, 5.41) is 0. The quantitative estimate of drug-likeness (QED) is 0.747. The highest BCUT2D eigenvalue weighted by atomic mass is 32.2. The number of rotatable bonds is 4. The second kappa shape index (κ2) is 4.50. The minimum absolute atomic E-state index is 0.0504. The van der Waals surface area contributed by atoms with Crippen molar-refractivity contribution in [3.8, 4) is 0 Å². The Bertz CT molecular complexity index is 376. The van der Waals surface area contributed by atoms with Crippen LogP contribution in [0.4, 0.5) is 0 Å². The lowest BCUT2D eigenvalue weighted by Gasteiger charge is -2.53. The van der Waals surface area contributed by atoms with Gasteiger partial charge < -0.3 is 10.5 Å². The molecule has 2 N–H and O–H groups in total. The Morgan fingerprint density at radius 2 is 2.12 bits per heavy atom. The highest BCUT2D eigenvalue weighted by Gasteiger charge is 2.49. The monoisotopic (exact) mass is 262 g/mol. The molecule has 100 valence electrons. The van der Waals surface area contributed by atoms with Crippen LogP contribution in [0.15, 0.2) is 0 Å². The van der Waals surface area contributed by atoms with Gasteiger partial charge in [-0.05, 0) is 26.3 Å². The zero-order valence-corrected chi connectivity index (χ0v) is 11.4. The topological polar surface area (TPSA) is 72.6 Å². The van der Waals surface area contributed by atoms with E-state index in [1.165, 1.54) is 0 Å². The number of sulfone groups is 1. The number of nitrogens with two attached hydrogens (primary N) is 1. The molecule has 2 fully saturated rings. The van der Waals surface area contributed by atoms with Gasteiger partial charge >= 0.3 is 0 Å². The minimum Gasteiger partial charge on any atom is -0.381 e. The van der Waals surface area contributed by atoms with Crippen molar-refractivity contribution >= 4 is 9.84 Å². The average Bonchev–Trinajstić information content (AvgIpc) is 2.58. The Hall–Kier alpha value is -0.170. The van der Waals surface area contributed by atoms with E-state index in [2.05, 4.69) is 4.90 Å². The van der Waals surface area contributed by atoms with Gasteiger partial charge in [0.05, 0.1) is 17.6 Å². The Morgan fingerprint density at radius 3 is 2.53 bits per heavy atom. The number of likely N-dealkylation sites (N-methyl/N-ethyl adjacent to an activating group) is 1. The molecule has 2 rings (SSSR count). The molecule has 1 saturated carbocycles. The highest BCUT2D eigenvalue weighted by Crippen LogP contribution is 2.40. The fourth-order valence-electron chi connectivity index (χ4n) is 3.02. The number of methoxy groups -OCH3 is 1. The molecule has 1 heterocycles. The van der Waals surface area contributed by atoms with Crippen LogP contribution < -0.4 is 5.73 Å². The lowest BCUT2D eigenvalue weighted by Crippen LogP contribution is -2.65. The lowest BCUT2D eigenvalue weighted by atomic mass is 9.72. The molecular weight excluding hydrogens is 240 g/mol. The maximum Gasteiger partial charge on any atom is 0.151 e. The Morgan fingerprint density at radius 1 is 1.47 bits per heavy atom. The van der Waals surface area contributed by atoms with Crippen molar-refractivity contribution in [1.29, 1.82) is 0 Å². The smallest absolute Gasteiger partial charge is 0.151 e. The van der Waals surface area contributed by atoms with Crippen LogP contribution in [-0.4, -0.2) is 63.2 Å². The van der Waals surface area contributed by atoms with Crippen molar-refractivity contribution in [3.05, 3.63) is 0 Å². The van der Waals surface area contributed by atoms with Crippen molar-refractivity contribution in [1.82, 2.24) is 4.90 Å². The molecule has 0 spiro atoms. The van der Waals surface area contributed by atoms with Crippen LogP contribution in [0.2, 0.25) is 0 Å². The van der Waals surface area contributed by atoms with Crippen LogP contribution in [-0.2, 0) is 14.6 Å². The van der Waals surface area contributed by atoms with Crippen LogP contribution in [0.3, 0.4) is 0 Å². The predicted molar refractivity (Wildman–Crippen MR) is 66.6 cm³/mol. The number of hydrogen-bond acceptors (Lipinski definition) is 5. The Balaban J connectivity index is 2.02. The molecule has 0 aromatic heterocycles. The van der Waals surface area contributed by atoms with Gasteiger partial charge in [-0.2, -0.15) is 0 Å². The third-order valence-electron chi connectivity index (χ3n) is 4.43. The van der Waals surface area contributed by atoms with Crippen LogP contribution in [0.1, 0.15) is 19.3 Å². The molecular formula is C11H22N2O3S. The summed E-state index contributed by atoms with van der Waals surface area (Å²) in [4.78, 5) is 2.19. The van der Waals surface area contributed by atoms with Gasteiger partial charge in [0.25, 0.3) is 0 Å². The highest BCUT2D eigenvalue weighted by molar-refractivity contribution is 7.91. The third kappa shape index (κ3) is 2.36.